The van der Waals surface area contributed by atoms with Crippen molar-refractivity contribution in [3.8, 4) is 5.75 Å². The molecule has 1 fully saturated rings. The first kappa shape index (κ1) is 18.9. The van der Waals surface area contributed by atoms with Crippen LogP contribution in [0.15, 0.2) is 48.5 Å². The van der Waals surface area contributed by atoms with E-state index in [0.717, 1.165) is 36.4 Å². The first-order chi connectivity index (χ1) is 13.1. The van der Waals surface area contributed by atoms with E-state index in [0.29, 0.717) is 18.7 Å². The van der Waals surface area contributed by atoms with Crippen molar-refractivity contribution < 1.29 is 14.3 Å². The summed E-state index contributed by atoms with van der Waals surface area (Å²) in [5.41, 5.74) is 7.77. The summed E-state index contributed by atoms with van der Waals surface area (Å²) < 4.78 is 5.41. The molecule has 0 bridgehead atoms. The number of ether oxygens (including phenoxy) is 1. The van der Waals surface area contributed by atoms with E-state index in [-0.39, 0.29) is 17.9 Å². The average molecular weight is 367 g/mol. The molecule has 1 atom stereocenters. The lowest BCUT2D eigenvalue weighted by molar-refractivity contribution is -0.122. The fourth-order valence-electron chi connectivity index (χ4n) is 3.40. The Balaban J connectivity index is 1.72. The molecule has 3 N–H and O–H groups in total. The molecular weight excluding hydrogens is 342 g/mol. The van der Waals surface area contributed by atoms with Crippen LogP contribution in [-0.2, 0) is 11.3 Å². The quantitative estimate of drug-likeness (QED) is 0.788. The van der Waals surface area contributed by atoms with Crippen LogP contribution >= 0.6 is 0 Å². The SMILES string of the molecule is CCOc1ccc(C(=O)Nc2ccccc2CN2CCCC2C(N)=O)cc1. The fourth-order valence-corrected chi connectivity index (χ4v) is 3.40. The van der Waals surface area contributed by atoms with Gasteiger partial charge in [0.25, 0.3) is 5.91 Å². The number of carbonyl (C=O) groups is 2. The number of hydrogen-bond donors (Lipinski definition) is 2. The van der Waals surface area contributed by atoms with Gasteiger partial charge in [-0.2, -0.15) is 0 Å². The highest BCUT2D eigenvalue weighted by Crippen LogP contribution is 2.24. The third kappa shape index (κ3) is 4.65. The van der Waals surface area contributed by atoms with Crippen molar-refractivity contribution in [1.82, 2.24) is 4.90 Å². The lowest BCUT2D eigenvalue weighted by atomic mass is 10.1. The van der Waals surface area contributed by atoms with E-state index >= 15 is 0 Å². The summed E-state index contributed by atoms with van der Waals surface area (Å²) in [5, 5.41) is 2.97. The van der Waals surface area contributed by atoms with Gasteiger partial charge in [0.15, 0.2) is 0 Å². The molecule has 2 aromatic rings. The zero-order valence-electron chi connectivity index (χ0n) is 15.5. The average Bonchev–Trinajstić information content (AvgIpc) is 3.13. The standard InChI is InChI=1S/C21H25N3O3/c1-2-27-17-11-9-15(10-12-17)21(26)23-18-7-4-3-6-16(18)14-24-13-5-8-19(24)20(22)25/h3-4,6-7,9-12,19H,2,5,8,13-14H2,1H3,(H2,22,25)(H,23,26). The summed E-state index contributed by atoms with van der Waals surface area (Å²) >= 11 is 0. The van der Waals surface area contributed by atoms with E-state index in [4.69, 9.17) is 10.5 Å². The number of likely N-dealkylation sites (tertiary alicyclic amines) is 1. The first-order valence-corrected chi connectivity index (χ1v) is 9.24. The van der Waals surface area contributed by atoms with Gasteiger partial charge in [0.05, 0.1) is 12.6 Å². The van der Waals surface area contributed by atoms with Gasteiger partial charge in [-0.3, -0.25) is 14.5 Å². The van der Waals surface area contributed by atoms with Crippen molar-refractivity contribution in [2.45, 2.75) is 32.4 Å². The summed E-state index contributed by atoms with van der Waals surface area (Å²) in [6, 6.07) is 14.5. The van der Waals surface area contributed by atoms with Crippen LogP contribution < -0.4 is 15.8 Å². The molecule has 142 valence electrons. The number of nitrogens with zero attached hydrogens (tertiary/aromatic N) is 1. The molecule has 2 aromatic carbocycles. The third-order valence-corrected chi connectivity index (χ3v) is 4.76. The predicted molar refractivity (Wildman–Crippen MR) is 105 cm³/mol. The van der Waals surface area contributed by atoms with Gasteiger partial charge in [0, 0.05) is 17.8 Å². The normalized spacial score (nSPS) is 16.9. The molecule has 0 aromatic heterocycles. The Morgan fingerprint density at radius 1 is 1.19 bits per heavy atom. The Kier molecular flexibility index (Phi) is 6.08. The van der Waals surface area contributed by atoms with Crippen molar-refractivity contribution in [3.05, 3.63) is 59.7 Å². The smallest absolute Gasteiger partial charge is 0.255 e. The number of hydrogen-bond acceptors (Lipinski definition) is 4. The van der Waals surface area contributed by atoms with Crippen molar-refractivity contribution in [3.63, 3.8) is 0 Å². The number of primary amides is 1. The number of nitrogens with one attached hydrogen (secondary N) is 1. The number of benzene rings is 2. The van der Waals surface area contributed by atoms with Crippen LogP contribution in [0.1, 0.15) is 35.7 Å². The lowest BCUT2D eigenvalue weighted by Gasteiger charge is -2.23. The Morgan fingerprint density at radius 2 is 1.93 bits per heavy atom. The molecule has 1 aliphatic heterocycles. The Bertz CT molecular complexity index is 805. The summed E-state index contributed by atoms with van der Waals surface area (Å²) in [6.07, 6.45) is 1.74. The van der Waals surface area contributed by atoms with Gasteiger partial charge in [0.2, 0.25) is 5.91 Å². The maximum atomic E-state index is 12.6. The number of carbonyl (C=O) groups excluding carboxylic acids is 2. The summed E-state index contributed by atoms with van der Waals surface area (Å²) in [5.74, 6) is 0.266. The summed E-state index contributed by atoms with van der Waals surface area (Å²) in [6.45, 7) is 3.91. The van der Waals surface area contributed by atoms with Crippen LogP contribution in [-0.4, -0.2) is 35.9 Å². The molecular formula is C21H25N3O3. The van der Waals surface area contributed by atoms with Gasteiger partial charge in [0.1, 0.15) is 5.75 Å². The van der Waals surface area contributed by atoms with Crippen molar-refractivity contribution in [2.75, 3.05) is 18.5 Å². The first-order valence-electron chi connectivity index (χ1n) is 9.24. The molecule has 2 amide bonds. The zero-order chi connectivity index (χ0) is 19.2. The van der Waals surface area contributed by atoms with Crippen LogP contribution in [0.2, 0.25) is 0 Å². The number of anilines is 1. The third-order valence-electron chi connectivity index (χ3n) is 4.76. The second-order valence-electron chi connectivity index (χ2n) is 6.60. The van der Waals surface area contributed by atoms with Crippen molar-refractivity contribution in [1.29, 1.82) is 0 Å². The highest BCUT2D eigenvalue weighted by Gasteiger charge is 2.29. The number of nitrogens with two attached hydrogens (primary N) is 1. The van der Waals surface area contributed by atoms with Crippen LogP contribution in [0.3, 0.4) is 0 Å². The monoisotopic (exact) mass is 367 g/mol. The molecule has 1 unspecified atom stereocenters. The highest BCUT2D eigenvalue weighted by atomic mass is 16.5. The lowest BCUT2D eigenvalue weighted by Crippen LogP contribution is -2.39. The molecule has 6 heteroatoms. The predicted octanol–water partition coefficient (Wildman–Crippen LogP) is 2.79. The molecule has 1 saturated heterocycles. The molecule has 1 heterocycles. The van der Waals surface area contributed by atoms with Gasteiger partial charge in [-0.1, -0.05) is 18.2 Å². The minimum atomic E-state index is -0.289. The van der Waals surface area contributed by atoms with E-state index in [2.05, 4.69) is 10.2 Å². The minimum Gasteiger partial charge on any atom is -0.494 e. The van der Waals surface area contributed by atoms with E-state index in [9.17, 15) is 9.59 Å². The minimum absolute atomic E-state index is 0.182. The van der Waals surface area contributed by atoms with Gasteiger partial charge in [-0.05, 0) is 62.2 Å². The second kappa shape index (κ2) is 8.68. The Morgan fingerprint density at radius 3 is 2.63 bits per heavy atom. The van der Waals surface area contributed by atoms with E-state index < -0.39 is 0 Å². The number of amides is 2. The topological polar surface area (TPSA) is 84.7 Å². The second-order valence-corrected chi connectivity index (χ2v) is 6.60. The fraction of sp³-hybridized carbons (Fsp3) is 0.333. The van der Waals surface area contributed by atoms with Crippen LogP contribution in [0.4, 0.5) is 5.69 Å². The molecule has 0 spiro atoms. The molecule has 6 nitrogen and oxygen atoms in total. The largest absolute Gasteiger partial charge is 0.494 e. The van der Waals surface area contributed by atoms with Crippen LogP contribution in [0.25, 0.3) is 0 Å². The number of rotatable bonds is 7. The molecule has 27 heavy (non-hydrogen) atoms. The van der Waals surface area contributed by atoms with Crippen LogP contribution in [0, 0.1) is 0 Å². The molecule has 3 rings (SSSR count). The van der Waals surface area contributed by atoms with Gasteiger partial charge >= 0.3 is 0 Å². The van der Waals surface area contributed by atoms with E-state index in [1.165, 1.54) is 0 Å². The molecule has 0 radical (unpaired) electrons. The molecule has 0 aliphatic carbocycles. The van der Waals surface area contributed by atoms with Gasteiger partial charge in [-0.25, -0.2) is 0 Å². The van der Waals surface area contributed by atoms with Crippen molar-refractivity contribution in [2.24, 2.45) is 5.73 Å². The Labute approximate surface area is 159 Å². The van der Waals surface area contributed by atoms with Gasteiger partial charge in [-0.15, -0.1) is 0 Å². The summed E-state index contributed by atoms with van der Waals surface area (Å²) in [4.78, 5) is 26.3. The van der Waals surface area contributed by atoms with E-state index in [1.807, 2.05) is 31.2 Å². The number of para-hydroxylation sites is 1. The maximum Gasteiger partial charge on any atom is 0.255 e. The molecule has 1 aliphatic rings. The highest BCUT2D eigenvalue weighted by molar-refractivity contribution is 6.04. The van der Waals surface area contributed by atoms with Crippen LogP contribution in [0.5, 0.6) is 5.75 Å². The Hall–Kier alpha value is -2.86. The zero-order valence-corrected chi connectivity index (χ0v) is 15.5. The molecule has 0 saturated carbocycles. The van der Waals surface area contributed by atoms with E-state index in [1.54, 1.807) is 24.3 Å². The summed E-state index contributed by atoms with van der Waals surface area (Å²) in [7, 11) is 0. The van der Waals surface area contributed by atoms with Gasteiger partial charge < -0.3 is 15.8 Å². The van der Waals surface area contributed by atoms with Crippen molar-refractivity contribution >= 4 is 17.5 Å². The maximum absolute atomic E-state index is 12.6.